The molecule has 19 heavy (non-hydrogen) atoms. The zero-order valence-electron chi connectivity index (χ0n) is 12.3. The second-order valence-corrected chi connectivity index (χ2v) is 5.79. The maximum Gasteiger partial charge on any atom is 0.223 e. The van der Waals surface area contributed by atoms with E-state index in [4.69, 9.17) is 4.52 Å². The Balaban J connectivity index is 1.65. The van der Waals surface area contributed by atoms with Gasteiger partial charge in [0.25, 0.3) is 0 Å². The van der Waals surface area contributed by atoms with Gasteiger partial charge in [-0.3, -0.25) is 0 Å². The number of aromatic nitrogens is 2. The lowest BCUT2D eigenvalue weighted by Crippen LogP contribution is -2.30. The SMILES string of the molecule is CCCC1CCCC(NCCc2noc(C)n2)CC1. The van der Waals surface area contributed by atoms with Gasteiger partial charge < -0.3 is 9.84 Å². The fraction of sp³-hybridized carbons (Fsp3) is 0.867. The molecule has 0 aliphatic heterocycles. The van der Waals surface area contributed by atoms with Gasteiger partial charge in [-0.05, 0) is 25.2 Å². The third kappa shape index (κ3) is 4.94. The van der Waals surface area contributed by atoms with Crippen LogP contribution < -0.4 is 5.32 Å². The van der Waals surface area contributed by atoms with E-state index in [2.05, 4.69) is 22.4 Å². The van der Waals surface area contributed by atoms with Crippen molar-refractivity contribution < 1.29 is 4.52 Å². The van der Waals surface area contributed by atoms with E-state index in [1.807, 2.05) is 6.92 Å². The van der Waals surface area contributed by atoms with Crippen LogP contribution in [-0.2, 0) is 6.42 Å². The lowest BCUT2D eigenvalue weighted by Gasteiger charge is -2.16. The molecular formula is C15H27N3O. The largest absolute Gasteiger partial charge is 0.340 e. The van der Waals surface area contributed by atoms with E-state index < -0.39 is 0 Å². The highest BCUT2D eigenvalue weighted by molar-refractivity contribution is 4.85. The molecule has 4 heteroatoms. The highest BCUT2D eigenvalue weighted by Gasteiger charge is 2.17. The number of aryl methyl sites for hydroxylation is 1. The van der Waals surface area contributed by atoms with Crippen LogP contribution in [0.3, 0.4) is 0 Å². The summed E-state index contributed by atoms with van der Waals surface area (Å²) in [4.78, 5) is 4.23. The normalized spacial score (nSPS) is 24.3. The van der Waals surface area contributed by atoms with E-state index in [1.54, 1.807) is 0 Å². The summed E-state index contributed by atoms with van der Waals surface area (Å²) in [5.41, 5.74) is 0. The first-order chi connectivity index (χ1) is 9.28. The Morgan fingerprint density at radius 1 is 1.26 bits per heavy atom. The molecular weight excluding hydrogens is 238 g/mol. The molecule has 0 bridgehead atoms. The Bertz CT molecular complexity index is 364. The second kappa shape index (κ2) is 7.63. The van der Waals surface area contributed by atoms with Crippen molar-refractivity contribution >= 4 is 0 Å². The first-order valence-corrected chi connectivity index (χ1v) is 7.80. The highest BCUT2D eigenvalue weighted by Crippen LogP contribution is 2.26. The summed E-state index contributed by atoms with van der Waals surface area (Å²) < 4.78 is 4.98. The molecule has 1 aromatic heterocycles. The molecule has 2 rings (SSSR count). The van der Waals surface area contributed by atoms with Gasteiger partial charge in [0.1, 0.15) is 0 Å². The molecule has 1 saturated carbocycles. The summed E-state index contributed by atoms with van der Waals surface area (Å²) in [6.07, 6.45) is 10.5. The summed E-state index contributed by atoms with van der Waals surface area (Å²) in [6.45, 7) is 5.10. The van der Waals surface area contributed by atoms with Crippen molar-refractivity contribution in [2.45, 2.75) is 71.3 Å². The molecule has 1 heterocycles. The maximum atomic E-state index is 4.98. The van der Waals surface area contributed by atoms with Crippen LogP contribution in [0.25, 0.3) is 0 Å². The Morgan fingerprint density at radius 2 is 2.16 bits per heavy atom. The monoisotopic (exact) mass is 265 g/mol. The third-order valence-electron chi connectivity index (χ3n) is 4.14. The summed E-state index contributed by atoms with van der Waals surface area (Å²) in [6, 6.07) is 0.690. The predicted octanol–water partition coefficient (Wildman–Crippen LogP) is 3.26. The smallest absolute Gasteiger partial charge is 0.223 e. The van der Waals surface area contributed by atoms with E-state index in [1.165, 1.54) is 44.9 Å². The van der Waals surface area contributed by atoms with Crippen molar-refractivity contribution in [2.75, 3.05) is 6.54 Å². The van der Waals surface area contributed by atoms with Crippen molar-refractivity contribution in [3.05, 3.63) is 11.7 Å². The Labute approximate surface area is 116 Å². The van der Waals surface area contributed by atoms with Crippen molar-refractivity contribution in [2.24, 2.45) is 5.92 Å². The fourth-order valence-electron chi connectivity index (χ4n) is 3.11. The first kappa shape index (κ1) is 14.5. The number of hydrogen-bond acceptors (Lipinski definition) is 4. The molecule has 2 atom stereocenters. The van der Waals surface area contributed by atoms with Crippen LogP contribution in [-0.4, -0.2) is 22.7 Å². The van der Waals surface area contributed by atoms with Gasteiger partial charge in [0.15, 0.2) is 5.82 Å². The quantitative estimate of drug-likeness (QED) is 0.802. The topological polar surface area (TPSA) is 51.0 Å². The van der Waals surface area contributed by atoms with E-state index in [9.17, 15) is 0 Å². The van der Waals surface area contributed by atoms with Gasteiger partial charge >= 0.3 is 0 Å². The zero-order valence-corrected chi connectivity index (χ0v) is 12.3. The number of nitrogens with one attached hydrogen (secondary N) is 1. The van der Waals surface area contributed by atoms with E-state index in [0.29, 0.717) is 11.9 Å². The maximum absolute atomic E-state index is 4.98. The fourth-order valence-corrected chi connectivity index (χ4v) is 3.11. The van der Waals surface area contributed by atoms with Gasteiger partial charge in [-0.1, -0.05) is 37.8 Å². The van der Waals surface area contributed by atoms with Gasteiger partial charge in [-0.15, -0.1) is 0 Å². The summed E-state index contributed by atoms with van der Waals surface area (Å²) in [7, 11) is 0. The Morgan fingerprint density at radius 3 is 2.89 bits per heavy atom. The van der Waals surface area contributed by atoms with Crippen molar-refractivity contribution in [1.82, 2.24) is 15.5 Å². The number of hydrogen-bond donors (Lipinski definition) is 1. The Hall–Kier alpha value is -0.900. The van der Waals surface area contributed by atoms with Crippen LogP contribution in [0.1, 0.15) is 63.6 Å². The molecule has 1 aliphatic carbocycles. The van der Waals surface area contributed by atoms with Gasteiger partial charge in [0.2, 0.25) is 5.89 Å². The van der Waals surface area contributed by atoms with Crippen LogP contribution in [0, 0.1) is 12.8 Å². The molecule has 0 spiro atoms. The van der Waals surface area contributed by atoms with Gasteiger partial charge in [-0.2, -0.15) is 4.98 Å². The third-order valence-corrected chi connectivity index (χ3v) is 4.14. The average Bonchev–Trinajstić information content (AvgIpc) is 2.67. The van der Waals surface area contributed by atoms with Crippen LogP contribution in [0.2, 0.25) is 0 Å². The molecule has 2 unspecified atom stereocenters. The Kier molecular flexibility index (Phi) is 5.83. The zero-order chi connectivity index (χ0) is 13.5. The standard InChI is InChI=1S/C15H27N3O/c1-3-5-13-6-4-7-14(9-8-13)16-11-10-15-17-12(2)19-18-15/h13-14,16H,3-11H2,1-2H3. The minimum Gasteiger partial charge on any atom is -0.340 e. The molecule has 0 radical (unpaired) electrons. The lowest BCUT2D eigenvalue weighted by molar-refractivity contribution is 0.384. The molecule has 1 aromatic rings. The minimum atomic E-state index is 0.659. The van der Waals surface area contributed by atoms with Crippen LogP contribution in [0.4, 0.5) is 0 Å². The van der Waals surface area contributed by atoms with Crippen molar-refractivity contribution in [1.29, 1.82) is 0 Å². The van der Waals surface area contributed by atoms with Crippen molar-refractivity contribution in [3.8, 4) is 0 Å². The molecule has 4 nitrogen and oxygen atoms in total. The van der Waals surface area contributed by atoms with E-state index in [0.717, 1.165) is 24.7 Å². The summed E-state index contributed by atoms with van der Waals surface area (Å²) in [5.74, 6) is 2.45. The molecule has 1 aliphatic rings. The van der Waals surface area contributed by atoms with Gasteiger partial charge in [0, 0.05) is 25.9 Å². The molecule has 1 fully saturated rings. The second-order valence-electron chi connectivity index (χ2n) is 5.79. The van der Waals surface area contributed by atoms with Crippen molar-refractivity contribution in [3.63, 3.8) is 0 Å². The van der Waals surface area contributed by atoms with E-state index >= 15 is 0 Å². The molecule has 0 aromatic carbocycles. The van der Waals surface area contributed by atoms with Crippen LogP contribution in [0.5, 0.6) is 0 Å². The first-order valence-electron chi connectivity index (χ1n) is 7.80. The lowest BCUT2D eigenvalue weighted by atomic mass is 9.95. The minimum absolute atomic E-state index is 0.659. The molecule has 0 saturated heterocycles. The van der Waals surface area contributed by atoms with Crippen LogP contribution in [0.15, 0.2) is 4.52 Å². The summed E-state index contributed by atoms with van der Waals surface area (Å²) >= 11 is 0. The number of nitrogens with zero attached hydrogens (tertiary/aromatic N) is 2. The molecule has 108 valence electrons. The predicted molar refractivity (Wildman–Crippen MR) is 76.0 cm³/mol. The van der Waals surface area contributed by atoms with Crippen LogP contribution >= 0.6 is 0 Å². The highest BCUT2D eigenvalue weighted by atomic mass is 16.5. The number of rotatable bonds is 6. The van der Waals surface area contributed by atoms with Gasteiger partial charge in [-0.25, -0.2) is 0 Å². The van der Waals surface area contributed by atoms with E-state index in [-0.39, 0.29) is 0 Å². The van der Waals surface area contributed by atoms with Gasteiger partial charge in [0.05, 0.1) is 0 Å². The molecule has 1 N–H and O–H groups in total. The molecule has 0 amide bonds. The summed E-state index contributed by atoms with van der Waals surface area (Å²) in [5, 5.41) is 7.59. The average molecular weight is 265 g/mol.